The van der Waals surface area contributed by atoms with Gasteiger partial charge in [0.1, 0.15) is 5.75 Å². The minimum atomic E-state index is -0.263. The molecule has 1 amide bonds. The number of hydrogen-bond acceptors (Lipinski definition) is 6. The highest BCUT2D eigenvalue weighted by molar-refractivity contribution is 5.90. The zero-order valence-electron chi connectivity index (χ0n) is 24.5. The Morgan fingerprint density at radius 2 is 1.84 bits per heavy atom. The predicted octanol–water partition coefficient (Wildman–Crippen LogP) is 5.90. The van der Waals surface area contributed by atoms with Gasteiger partial charge in [0.15, 0.2) is 0 Å². The monoisotopic (exact) mass is 524 g/mol. The van der Waals surface area contributed by atoms with Crippen LogP contribution < -0.4 is 10.1 Å². The second-order valence-corrected chi connectivity index (χ2v) is 9.99. The number of hydrogen-bond donors (Lipinski definition) is 1. The molecule has 1 aromatic carbocycles. The minimum absolute atomic E-state index is 0.191. The van der Waals surface area contributed by atoms with Gasteiger partial charge in [-0.3, -0.25) is 9.69 Å². The lowest BCUT2D eigenvalue weighted by Gasteiger charge is -2.37. The number of benzene rings is 1. The quantitative estimate of drug-likeness (QED) is 0.369. The van der Waals surface area contributed by atoms with Gasteiger partial charge in [0.05, 0.1) is 12.3 Å². The summed E-state index contributed by atoms with van der Waals surface area (Å²) in [5, 5.41) is 6.43. The Labute approximate surface area is 229 Å². The molecule has 1 fully saturated rings. The molecule has 7 heteroatoms. The molecule has 210 valence electrons. The van der Waals surface area contributed by atoms with Gasteiger partial charge >= 0.3 is 0 Å². The first-order valence-corrected chi connectivity index (χ1v) is 14.0. The number of carbonyl (C=O) groups excluding carboxylic acids is 1. The molecule has 1 aliphatic rings. The summed E-state index contributed by atoms with van der Waals surface area (Å²) in [6, 6.07) is 13.8. The molecular formula is C31H48N4O3. The number of carbonyl (C=O) groups is 1. The Balaban J connectivity index is 0.000000293. The van der Waals surface area contributed by atoms with Crippen molar-refractivity contribution >= 4 is 5.91 Å². The molecule has 0 spiro atoms. The molecule has 0 aliphatic carbocycles. The average Bonchev–Trinajstić information content (AvgIpc) is 2.95. The molecule has 0 saturated carbocycles. The van der Waals surface area contributed by atoms with Crippen LogP contribution in [0.3, 0.4) is 0 Å². The van der Waals surface area contributed by atoms with Gasteiger partial charge in [0.2, 0.25) is 5.76 Å². The standard InChI is InChI=1S/C20H34N2O.C11H14N2O2/c1-6-18-16(2)19(17(3)22-13-9-14-22)10-11-20(18)23-15-8-7-12-21(4)5;1-3-12-11(14)10-8-6-4-5-7-9(2)13-15-10/h10-11,17H,6-9,12-15H2,1-5H3;4-8H,3H2,1-2H3,(H,12,14). The largest absolute Gasteiger partial charge is 0.493 e. The number of ether oxygens (including phenoxy) is 1. The third kappa shape index (κ3) is 10.1. The highest BCUT2D eigenvalue weighted by atomic mass is 16.5. The molecule has 1 unspecified atom stereocenters. The van der Waals surface area contributed by atoms with Crippen LogP contribution in [0.15, 0.2) is 47.0 Å². The normalized spacial score (nSPS) is 13.6. The highest BCUT2D eigenvalue weighted by Gasteiger charge is 2.24. The fraction of sp³-hybridized carbons (Fsp3) is 0.548. The Hall–Kier alpha value is -2.90. The van der Waals surface area contributed by atoms with Crippen LogP contribution in [0, 0.1) is 13.8 Å². The molecule has 0 radical (unpaired) electrons. The molecule has 7 nitrogen and oxygen atoms in total. The van der Waals surface area contributed by atoms with Crippen molar-refractivity contribution < 1.29 is 14.1 Å². The number of rotatable bonds is 11. The fourth-order valence-electron chi connectivity index (χ4n) is 4.36. The van der Waals surface area contributed by atoms with Crippen molar-refractivity contribution in [2.75, 3.05) is 46.9 Å². The van der Waals surface area contributed by atoms with Crippen molar-refractivity contribution in [3.8, 4) is 5.75 Å². The molecule has 2 aromatic rings. The zero-order chi connectivity index (χ0) is 27.9. The topological polar surface area (TPSA) is 70.8 Å². The van der Waals surface area contributed by atoms with Crippen molar-refractivity contribution in [2.24, 2.45) is 0 Å². The Kier molecular flexibility index (Phi) is 13.9. The average molecular weight is 525 g/mol. The van der Waals surface area contributed by atoms with E-state index in [4.69, 9.17) is 9.26 Å². The number of unbranched alkanes of at least 4 members (excludes halogenated alkanes) is 1. The number of amides is 1. The summed E-state index contributed by atoms with van der Waals surface area (Å²) in [6.07, 6.45) is 4.70. The smallest absolute Gasteiger partial charge is 0.289 e. The van der Waals surface area contributed by atoms with Crippen molar-refractivity contribution in [2.45, 2.75) is 66.3 Å². The van der Waals surface area contributed by atoms with E-state index < -0.39 is 0 Å². The summed E-state index contributed by atoms with van der Waals surface area (Å²) < 4.78 is 11.1. The van der Waals surface area contributed by atoms with Crippen molar-refractivity contribution in [3.63, 3.8) is 0 Å². The molecule has 1 aromatic heterocycles. The van der Waals surface area contributed by atoms with Gasteiger partial charge in [-0.2, -0.15) is 0 Å². The fourth-order valence-corrected chi connectivity index (χ4v) is 4.36. The Bertz CT molecular complexity index is 1050. The van der Waals surface area contributed by atoms with Crippen LogP contribution in [-0.2, 0) is 6.42 Å². The molecular weight excluding hydrogens is 476 g/mol. The maximum atomic E-state index is 11.5. The zero-order valence-corrected chi connectivity index (χ0v) is 24.5. The molecule has 1 aliphatic heterocycles. The van der Waals surface area contributed by atoms with E-state index in [1.807, 2.05) is 19.1 Å². The lowest BCUT2D eigenvalue weighted by Crippen LogP contribution is -2.39. The van der Waals surface area contributed by atoms with Crippen molar-refractivity contribution in [3.05, 3.63) is 70.6 Å². The van der Waals surface area contributed by atoms with E-state index in [1.165, 1.54) is 42.6 Å². The lowest BCUT2D eigenvalue weighted by molar-refractivity contribution is 0.0914. The molecule has 1 atom stereocenters. The van der Waals surface area contributed by atoms with Gasteiger partial charge in [-0.25, -0.2) is 0 Å². The first kappa shape index (κ1) is 31.3. The SMILES string of the molecule is CCNC(=O)c1cccccc(C)no1.CCc1c(OCCCCN(C)C)ccc(C(C)N2CCC2)c1C. The maximum absolute atomic E-state index is 11.5. The summed E-state index contributed by atoms with van der Waals surface area (Å²) >= 11 is 0. The van der Waals surface area contributed by atoms with Crippen LogP contribution >= 0.6 is 0 Å². The second-order valence-electron chi connectivity index (χ2n) is 9.99. The first-order valence-electron chi connectivity index (χ1n) is 14.0. The van der Waals surface area contributed by atoms with Gasteiger partial charge in [-0.1, -0.05) is 36.3 Å². The second kappa shape index (κ2) is 16.8. The number of nitrogens with zero attached hydrogens (tertiary/aromatic N) is 3. The number of aryl methyl sites for hydroxylation is 1. The number of nitrogens with one attached hydrogen (secondary N) is 1. The van der Waals surface area contributed by atoms with E-state index in [2.05, 4.69) is 67.3 Å². The summed E-state index contributed by atoms with van der Waals surface area (Å²) in [5.41, 5.74) is 5.00. The number of aromatic nitrogens is 1. The van der Waals surface area contributed by atoms with Crippen LogP contribution in [0.2, 0.25) is 0 Å². The van der Waals surface area contributed by atoms with E-state index in [0.29, 0.717) is 18.3 Å². The van der Waals surface area contributed by atoms with E-state index in [9.17, 15) is 4.79 Å². The molecule has 1 saturated heterocycles. The molecule has 0 bridgehead atoms. The van der Waals surface area contributed by atoms with Gasteiger partial charge in [0, 0.05) is 12.6 Å². The van der Waals surface area contributed by atoms with Crippen LogP contribution in [0.1, 0.15) is 79.0 Å². The van der Waals surface area contributed by atoms with Gasteiger partial charge in [0.25, 0.3) is 5.91 Å². The third-order valence-corrected chi connectivity index (χ3v) is 6.75. The van der Waals surface area contributed by atoms with E-state index in [0.717, 1.165) is 31.7 Å². The summed E-state index contributed by atoms with van der Waals surface area (Å²) in [4.78, 5) is 16.2. The lowest BCUT2D eigenvalue weighted by atomic mass is 9.93. The summed E-state index contributed by atoms with van der Waals surface area (Å²) in [6.45, 7) is 15.5. The highest BCUT2D eigenvalue weighted by Crippen LogP contribution is 2.33. The van der Waals surface area contributed by atoms with Crippen molar-refractivity contribution in [1.29, 1.82) is 0 Å². The van der Waals surface area contributed by atoms with Crippen LogP contribution in [0.4, 0.5) is 0 Å². The molecule has 1 N–H and O–H groups in total. The number of likely N-dealkylation sites (tertiary alicyclic amines) is 1. The van der Waals surface area contributed by atoms with Crippen LogP contribution in [-0.4, -0.2) is 67.7 Å². The van der Waals surface area contributed by atoms with Crippen LogP contribution in [0.25, 0.3) is 0 Å². The van der Waals surface area contributed by atoms with Gasteiger partial charge in [-0.15, -0.1) is 0 Å². The molecule has 38 heavy (non-hydrogen) atoms. The maximum Gasteiger partial charge on any atom is 0.289 e. The van der Waals surface area contributed by atoms with Crippen LogP contribution in [0.5, 0.6) is 5.75 Å². The van der Waals surface area contributed by atoms with E-state index in [-0.39, 0.29) is 11.7 Å². The third-order valence-electron chi connectivity index (χ3n) is 6.75. The van der Waals surface area contributed by atoms with Gasteiger partial charge in [-0.05, 0) is 122 Å². The Morgan fingerprint density at radius 3 is 2.47 bits per heavy atom. The summed E-state index contributed by atoms with van der Waals surface area (Å²) in [5.74, 6) is 1.02. The minimum Gasteiger partial charge on any atom is -0.493 e. The van der Waals surface area contributed by atoms with Gasteiger partial charge < -0.3 is 19.5 Å². The van der Waals surface area contributed by atoms with Crippen molar-refractivity contribution in [1.82, 2.24) is 20.3 Å². The predicted molar refractivity (Wildman–Crippen MR) is 155 cm³/mol. The van der Waals surface area contributed by atoms with E-state index in [1.54, 1.807) is 25.1 Å². The first-order chi connectivity index (χ1) is 18.3. The summed E-state index contributed by atoms with van der Waals surface area (Å²) in [7, 11) is 4.24. The molecule has 3 rings (SSSR count). The van der Waals surface area contributed by atoms with E-state index >= 15 is 0 Å². The molecule has 2 heterocycles. The Morgan fingerprint density at radius 1 is 1.11 bits per heavy atom.